The molecule has 4 nitrogen and oxygen atoms in total. The van der Waals surface area contributed by atoms with Crippen molar-refractivity contribution in [1.29, 1.82) is 0 Å². The number of halogens is 4. The Kier molecular flexibility index (Phi) is 9.09. The van der Waals surface area contributed by atoms with E-state index < -0.39 is 6.04 Å². The molecule has 0 aliphatic heterocycles. The lowest BCUT2D eigenvalue weighted by atomic mass is 10.1. The summed E-state index contributed by atoms with van der Waals surface area (Å²) < 4.78 is 0. The van der Waals surface area contributed by atoms with Crippen molar-refractivity contribution in [1.82, 2.24) is 10.2 Å². The van der Waals surface area contributed by atoms with E-state index >= 15 is 0 Å². The Morgan fingerprint density at radius 3 is 2.28 bits per heavy atom. The van der Waals surface area contributed by atoms with Crippen LogP contribution in [-0.4, -0.2) is 29.3 Å². The van der Waals surface area contributed by atoms with Crippen molar-refractivity contribution in [3.05, 3.63) is 67.6 Å². The molecule has 1 N–H and O–H groups in total. The molecule has 2 aromatic carbocycles. The summed E-state index contributed by atoms with van der Waals surface area (Å²) in [6.45, 7) is 4.32. The molecule has 0 saturated heterocycles. The van der Waals surface area contributed by atoms with E-state index in [1.807, 2.05) is 6.92 Å². The summed E-state index contributed by atoms with van der Waals surface area (Å²) in [6.07, 6.45) is 0.764. The predicted octanol–water partition coefficient (Wildman–Crippen LogP) is 5.79. The molecule has 0 aliphatic rings. The first-order chi connectivity index (χ1) is 13.7. The minimum Gasteiger partial charge on any atom is -0.354 e. The molecule has 0 unspecified atom stereocenters. The number of carbonyl (C=O) groups excluding carboxylic acids is 2. The van der Waals surface area contributed by atoms with Gasteiger partial charge in [-0.25, -0.2) is 0 Å². The third-order valence-corrected chi connectivity index (χ3v) is 5.76. The van der Waals surface area contributed by atoms with Gasteiger partial charge in [0.15, 0.2) is 0 Å². The molecule has 2 aromatic rings. The van der Waals surface area contributed by atoms with E-state index in [-0.39, 0.29) is 24.8 Å². The molecule has 0 saturated carbocycles. The Labute approximate surface area is 191 Å². The van der Waals surface area contributed by atoms with Gasteiger partial charge >= 0.3 is 0 Å². The van der Waals surface area contributed by atoms with Crippen molar-refractivity contribution in [2.24, 2.45) is 0 Å². The van der Waals surface area contributed by atoms with Crippen molar-refractivity contribution in [2.75, 3.05) is 6.54 Å². The van der Waals surface area contributed by atoms with Crippen LogP contribution < -0.4 is 5.32 Å². The minimum atomic E-state index is -0.706. The van der Waals surface area contributed by atoms with E-state index in [0.717, 1.165) is 6.42 Å². The van der Waals surface area contributed by atoms with Crippen LogP contribution in [0.5, 0.6) is 0 Å². The molecule has 2 amide bonds. The molecule has 8 heteroatoms. The van der Waals surface area contributed by atoms with Gasteiger partial charge in [-0.1, -0.05) is 65.5 Å². The van der Waals surface area contributed by atoms with E-state index in [1.165, 1.54) is 4.90 Å². The fraction of sp³-hybridized carbons (Fsp3) is 0.333. The summed E-state index contributed by atoms with van der Waals surface area (Å²) in [5, 5.41) is 4.54. The fourth-order valence-corrected chi connectivity index (χ4v) is 3.77. The minimum absolute atomic E-state index is 0.0326. The van der Waals surface area contributed by atoms with Gasteiger partial charge in [-0.2, -0.15) is 0 Å². The highest BCUT2D eigenvalue weighted by Gasteiger charge is 2.27. The number of carbonyl (C=O) groups is 2. The number of nitrogens with zero attached hydrogens (tertiary/aromatic N) is 1. The first-order valence-electron chi connectivity index (χ1n) is 9.18. The summed E-state index contributed by atoms with van der Waals surface area (Å²) in [6, 6.07) is 9.39. The van der Waals surface area contributed by atoms with Crippen LogP contribution in [0, 0.1) is 0 Å². The molecule has 156 valence electrons. The lowest BCUT2D eigenvalue weighted by Gasteiger charge is -2.29. The van der Waals surface area contributed by atoms with Gasteiger partial charge in [0.25, 0.3) is 0 Å². The van der Waals surface area contributed by atoms with Gasteiger partial charge in [0.05, 0.1) is 6.42 Å². The van der Waals surface area contributed by atoms with Gasteiger partial charge in [0.1, 0.15) is 6.04 Å². The number of amides is 2. The second-order valence-electron chi connectivity index (χ2n) is 6.60. The van der Waals surface area contributed by atoms with Crippen LogP contribution in [0.3, 0.4) is 0 Å². The van der Waals surface area contributed by atoms with Gasteiger partial charge in [-0.3, -0.25) is 9.59 Å². The topological polar surface area (TPSA) is 49.4 Å². The first-order valence-corrected chi connectivity index (χ1v) is 10.7. The van der Waals surface area contributed by atoms with Crippen molar-refractivity contribution < 1.29 is 9.59 Å². The molecule has 0 bridgehead atoms. The molecule has 0 heterocycles. The van der Waals surface area contributed by atoms with Gasteiger partial charge in [0.2, 0.25) is 11.8 Å². The summed E-state index contributed by atoms with van der Waals surface area (Å²) in [4.78, 5) is 27.2. The van der Waals surface area contributed by atoms with Crippen molar-refractivity contribution in [2.45, 2.75) is 39.3 Å². The highest BCUT2D eigenvalue weighted by molar-refractivity contribution is 6.36. The highest BCUT2D eigenvalue weighted by Crippen LogP contribution is 2.27. The second kappa shape index (κ2) is 11.1. The Bertz CT molecular complexity index is 869. The molecular weight excluding hydrogens is 454 g/mol. The molecule has 0 radical (unpaired) electrons. The third-order valence-electron chi connectivity index (χ3n) is 4.46. The number of hydrogen-bond donors (Lipinski definition) is 1. The van der Waals surface area contributed by atoms with E-state index in [0.29, 0.717) is 37.8 Å². The summed E-state index contributed by atoms with van der Waals surface area (Å²) in [7, 11) is 0. The van der Waals surface area contributed by atoms with Gasteiger partial charge in [0, 0.05) is 33.2 Å². The van der Waals surface area contributed by atoms with Crippen LogP contribution in [-0.2, 0) is 22.6 Å². The van der Waals surface area contributed by atoms with Crippen molar-refractivity contribution >= 4 is 58.2 Å². The predicted molar refractivity (Wildman–Crippen MR) is 120 cm³/mol. The van der Waals surface area contributed by atoms with E-state index in [2.05, 4.69) is 5.32 Å². The molecule has 0 aliphatic carbocycles. The molecule has 0 fully saturated rings. The monoisotopic (exact) mass is 474 g/mol. The SMILES string of the molecule is CCCNC(=O)[C@@H](C)N(Cc1ccc(Cl)cc1Cl)C(=O)Cc1c(Cl)cccc1Cl. The van der Waals surface area contributed by atoms with Crippen molar-refractivity contribution in [3.8, 4) is 0 Å². The average Bonchev–Trinajstić information content (AvgIpc) is 2.67. The largest absolute Gasteiger partial charge is 0.354 e. The molecule has 1 atom stereocenters. The highest BCUT2D eigenvalue weighted by atomic mass is 35.5. The molecule has 0 spiro atoms. The fourth-order valence-electron chi connectivity index (χ4n) is 2.77. The molecule has 0 aromatic heterocycles. The Morgan fingerprint density at radius 1 is 1.03 bits per heavy atom. The van der Waals surface area contributed by atoms with E-state index in [1.54, 1.807) is 43.3 Å². The zero-order valence-electron chi connectivity index (χ0n) is 16.1. The van der Waals surface area contributed by atoms with Crippen LogP contribution >= 0.6 is 46.4 Å². The van der Waals surface area contributed by atoms with Crippen LogP contribution in [0.2, 0.25) is 20.1 Å². The summed E-state index contributed by atoms with van der Waals surface area (Å²) in [5.74, 6) is -0.527. The zero-order valence-corrected chi connectivity index (χ0v) is 19.2. The van der Waals surface area contributed by atoms with Gasteiger partial charge in [-0.15, -0.1) is 0 Å². The number of rotatable bonds is 8. The lowest BCUT2D eigenvalue weighted by Crippen LogP contribution is -2.48. The normalized spacial score (nSPS) is 11.8. The van der Waals surface area contributed by atoms with Crippen LogP contribution in [0.15, 0.2) is 36.4 Å². The quantitative estimate of drug-likeness (QED) is 0.525. The molecule has 29 heavy (non-hydrogen) atoms. The van der Waals surface area contributed by atoms with Gasteiger partial charge in [-0.05, 0) is 48.7 Å². The van der Waals surface area contributed by atoms with Gasteiger partial charge < -0.3 is 10.2 Å². The Morgan fingerprint density at radius 2 is 1.69 bits per heavy atom. The van der Waals surface area contributed by atoms with Crippen LogP contribution in [0.1, 0.15) is 31.4 Å². The zero-order chi connectivity index (χ0) is 21.6. The number of benzene rings is 2. The average molecular weight is 476 g/mol. The van der Waals surface area contributed by atoms with E-state index in [4.69, 9.17) is 46.4 Å². The Hall–Kier alpha value is -1.46. The maximum Gasteiger partial charge on any atom is 0.242 e. The number of hydrogen-bond acceptors (Lipinski definition) is 2. The van der Waals surface area contributed by atoms with Crippen molar-refractivity contribution in [3.63, 3.8) is 0 Å². The molecular formula is C21H22Cl4N2O2. The Balaban J connectivity index is 2.32. The standard InChI is InChI=1S/C21H22Cl4N2O2/c1-3-9-26-21(29)13(2)27(12-14-7-8-15(22)10-19(14)25)20(28)11-16-17(23)5-4-6-18(16)24/h4-8,10,13H,3,9,11-12H2,1-2H3,(H,26,29)/t13-/m1/s1. The molecule has 2 rings (SSSR count). The van der Waals surface area contributed by atoms with Crippen LogP contribution in [0.25, 0.3) is 0 Å². The van der Waals surface area contributed by atoms with E-state index in [9.17, 15) is 9.59 Å². The smallest absolute Gasteiger partial charge is 0.242 e. The summed E-state index contributed by atoms with van der Waals surface area (Å²) in [5.41, 5.74) is 1.21. The second-order valence-corrected chi connectivity index (χ2v) is 8.26. The lowest BCUT2D eigenvalue weighted by molar-refractivity contribution is -0.140. The summed E-state index contributed by atoms with van der Waals surface area (Å²) >= 11 is 24.7. The maximum atomic E-state index is 13.2. The van der Waals surface area contributed by atoms with Crippen LogP contribution in [0.4, 0.5) is 0 Å². The maximum absolute atomic E-state index is 13.2. The first kappa shape index (κ1) is 23.8. The third kappa shape index (κ3) is 6.51. The number of nitrogens with one attached hydrogen (secondary N) is 1.